The zero-order valence-electron chi connectivity index (χ0n) is 16.2. The minimum Gasteiger partial charge on any atom is -0.493 e. The topological polar surface area (TPSA) is 65.9 Å². The van der Waals surface area contributed by atoms with Crippen molar-refractivity contribution < 1.29 is 9.84 Å². The number of para-hydroxylation sites is 1. The molecule has 0 aromatic heterocycles. The van der Waals surface area contributed by atoms with E-state index >= 15 is 0 Å². The highest BCUT2D eigenvalue weighted by atomic mass is 127. The molecule has 0 spiro atoms. The average molecular weight is 475 g/mol. The van der Waals surface area contributed by atoms with E-state index in [-0.39, 0.29) is 30.1 Å². The molecule has 1 aliphatic rings. The van der Waals surface area contributed by atoms with E-state index in [2.05, 4.69) is 37.5 Å². The van der Waals surface area contributed by atoms with Gasteiger partial charge in [0, 0.05) is 18.2 Å². The summed E-state index contributed by atoms with van der Waals surface area (Å²) in [7, 11) is 0. The minimum atomic E-state index is -0.137. The van der Waals surface area contributed by atoms with E-state index in [1.807, 2.05) is 18.2 Å². The monoisotopic (exact) mass is 475 g/mol. The van der Waals surface area contributed by atoms with Gasteiger partial charge in [-0.3, -0.25) is 0 Å². The highest BCUT2D eigenvalue weighted by Gasteiger charge is 2.20. The molecule has 5 nitrogen and oxygen atoms in total. The lowest BCUT2D eigenvalue weighted by Crippen LogP contribution is -2.45. The molecule has 0 saturated heterocycles. The largest absolute Gasteiger partial charge is 0.493 e. The van der Waals surface area contributed by atoms with Crippen molar-refractivity contribution >= 4 is 29.9 Å². The summed E-state index contributed by atoms with van der Waals surface area (Å²) in [5.74, 6) is 2.25. The summed E-state index contributed by atoms with van der Waals surface area (Å²) in [5.41, 5.74) is 1.10. The van der Waals surface area contributed by atoms with Gasteiger partial charge in [0.25, 0.3) is 0 Å². The minimum absolute atomic E-state index is 0. The van der Waals surface area contributed by atoms with Crippen LogP contribution >= 0.6 is 24.0 Å². The van der Waals surface area contributed by atoms with Crippen molar-refractivity contribution in [2.45, 2.75) is 65.1 Å². The number of ether oxygens (including phenoxy) is 1. The Morgan fingerprint density at radius 2 is 1.92 bits per heavy atom. The summed E-state index contributed by atoms with van der Waals surface area (Å²) < 4.78 is 5.91. The van der Waals surface area contributed by atoms with Crippen LogP contribution in [0.3, 0.4) is 0 Å². The van der Waals surface area contributed by atoms with Crippen molar-refractivity contribution in [1.82, 2.24) is 10.6 Å². The van der Waals surface area contributed by atoms with Gasteiger partial charge in [-0.15, -0.1) is 24.0 Å². The second-order valence-corrected chi connectivity index (χ2v) is 7.16. The second kappa shape index (κ2) is 12.4. The normalized spacial score (nSPS) is 20.4. The molecular formula is C20H34IN3O2. The van der Waals surface area contributed by atoms with Crippen LogP contribution in [0.2, 0.25) is 0 Å². The van der Waals surface area contributed by atoms with Gasteiger partial charge in [-0.05, 0) is 44.6 Å². The maximum atomic E-state index is 9.65. The Morgan fingerprint density at radius 1 is 1.23 bits per heavy atom. The number of hydrogen-bond acceptors (Lipinski definition) is 3. The molecule has 1 aromatic rings. The number of aliphatic hydroxyl groups excluding tert-OH is 1. The smallest absolute Gasteiger partial charge is 0.191 e. The first-order chi connectivity index (χ1) is 12.1. The number of benzene rings is 1. The van der Waals surface area contributed by atoms with Crippen LogP contribution in [0.25, 0.3) is 0 Å². The molecule has 1 aliphatic carbocycles. The Labute approximate surface area is 175 Å². The quantitative estimate of drug-likeness (QED) is 0.320. The van der Waals surface area contributed by atoms with E-state index in [1.54, 1.807) is 0 Å². The molecule has 1 saturated carbocycles. The number of nitrogens with one attached hydrogen (secondary N) is 2. The highest BCUT2D eigenvalue weighted by molar-refractivity contribution is 14.0. The van der Waals surface area contributed by atoms with Gasteiger partial charge in [-0.2, -0.15) is 0 Å². The van der Waals surface area contributed by atoms with Crippen LogP contribution in [0.15, 0.2) is 29.3 Å². The lowest BCUT2D eigenvalue weighted by atomic mass is 9.93. The number of rotatable bonds is 7. The third-order valence-corrected chi connectivity index (χ3v) is 4.33. The fraction of sp³-hybridized carbons (Fsp3) is 0.650. The van der Waals surface area contributed by atoms with Crippen molar-refractivity contribution in [1.29, 1.82) is 0 Å². The molecule has 0 unspecified atom stereocenters. The van der Waals surface area contributed by atoms with Crippen molar-refractivity contribution in [2.24, 2.45) is 10.9 Å². The second-order valence-electron chi connectivity index (χ2n) is 7.16. The predicted molar refractivity (Wildman–Crippen MR) is 118 cm³/mol. The Hall–Kier alpha value is -1.02. The Morgan fingerprint density at radius 3 is 2.58 bits per heavy atom. The summed E-state index contributed by atoms with van der Waals surface area (Å²) in [4.78, 5) is 4.74. The van der Waals surface area contributed by atoms with Gasteiger partial charge >= 0.3 is 0 Å². The van der Waals surface area contributed by atoms with Crippen molar-refractivity contribution in [2.75, 3.05) is 13.2 Å². The molecule has 0 atom stereocenters. The molecular weight excluding hydrogens is 441 g/mol. The van der Waals surface area contributed by atoms with Gasteiger partial charge in [0.1, 0.15) is 5.75 Å². The lowest BCUT2D eigenvalue weighted by Gasteiger charge is -2.27. The Kier molecular flexibility index (Phi) is 11.0. The standard InChI is InChI=1S/C20H33N3O2.HI/c1-4-21-20(23-17-9-11-18(24)12-10-17)22-13-16-7-5-6-8-19(16)25-14-15(2)3;/h5-8,15,17-18,24H,4,9-14H2,1-3H3,(H2,21,22,23);1H. The molecule has 0 aliphatic heterocycles. The Balaban J connectivity index is 0.00000338. The van der Waals surface area contributed by atoms with Crippen molar-refractivity contribution in [3.8, 4) is 5.75 Å². The Bertz CT molecular complexity index is 544. The molecule has 0 bridgehead atoms. The average Bonchev–Trinajstić information content (AvgIpc) is 2.60. The summed E-state index contributed by atoms with van der Waals surface area (Å²) in [6.07, 6.45) is 3.56. The van der Waals surface area contributed by atoms with Gasteiger partial charge < -0.3 is 20.5 Å². The van der Waals surface area contributed by atoms with Gasteiger partial charge in [0.15, 0.2) is 5.96 Å². The number of halogens is 1. The first-order valence-corrected chi connectivity index (χ1v) is 9.52. The fourth-order valence-corrected chi connectivity index (χ4v) is 2.93. The third-order valence-electron chi connectivity index (χ3n) is 4.33. The van der Waals surface area contributed by atoms with Gasteiger partial charge in [0.05, 0.1) is 19.3 Å². The SMILES string of the molecule is CCNC(=NCc1ccccc1OCC(C)C)NC1CCC(O)CC1.I. The van der Waals surface area contributed by atoms with E-state index in [9.17, 15) is 5.11 Å². The molecule has 2 rings (SSSR count). The number of aliphatic imine (C=N–C) groups is 1. The van der Waals surface area contributed by atoms with Crippen LogP contribution in [-0.4, -0.2) is 36.4 Å². The number of hydrogen-bond donors (Lipinski definition) is 3. The molecule has 148 valence electrons. The van der Waals surface area contributed by atoms with Gasteiger partial charge in [-0.1, -0.05) is 32.0 Å². The third kappa shape index (κ3) is 8.12. The van der Waals surface area contributed by atoms with E-state index in [1.165, 1.54) is 0 Å². The molecule has 1 aromatic carbocycles. The van der Waals surface area contributed by atoms with Gasteiger partial charge in [-0.25, -0.2) is 4.99 Å². The van der Waals surface area contributed by atoms with Crippen LogP contribution in [0.5, 0.6) is 5.75 Å². The first kappa shape index (κ1) is 23.0. The molecule has 1 fully saturated rings. The molecule has 0 amide bonds. The highest BCUT2D eigenvalue weighted by Crippen LogP contribution is 2.20. The van der Waals surface area contributed by atoms with Crippen LogP contribution in [0.4, 0.5) is 0 Å². The summed E-state index contributed by atoms with van der Waals surface area (Å²) in [5, 5.41) is 16.5. The first-order valence-electron chi connectivity index (χ1n) is 9.52. The van der Waals surface area contributed by atoms with Crippen LogP contribution in [0, 0.1) is 5.92 Å². The zero-order chi connectivity index (χ0) is 18.1. The fourth-order valence-electron chi connectivity index (χ4n) is 2.93. The van der Waals surface area contributed by atoms with Crippen molar-refractivity contribution in [3.63, 3.8) is 0 Å². The van der Waals surface area contributed by atoms with Crippen LogP contribution in [0.1, 0.15) is 52.0 Å². The van der Waals surface area contributed by atoms with Crippen LogP contribution in [-0.2, 0) is 6.54 Å². The molecule has 26 heavy (non-hydrogen) atoms. The number of guanidine groups is 1. The maximum Gasteiger partial charge on any atom is 0.191 e. The number of nitrogens with zero attached hydrogens (tertiary/aromatic N) is 1. The van der Waals surface area contributed by atoms with E-state index in [0.29, 0.717) is 25.1 Å². The molecule has 0 heterocycles. The van der Waals surface area contributed by atoms with E-state index < -0.39 is 0 Å². The van der Waals surface area contributed by atoms with Crippen LogP contribution < -0.4 is 15.4 Å². The molecule has 0 radical (unpaired) electrons. The predicted octanol–water partition coefficient (Wildman–Crippen LogP) is 3.70. The lowest BCUT2D eigenvalue weighted by molar-refractivity contribution is 0.120. The molecule has 6 heteroatoms. The summed E-state index contributed by atoms with van der Waals surface area (Å²) >= 11 is 0. The maximum absolute atomic E-state index is 9.65. The number of aliphatic hydroxyl groups is 1. The summed E-state index contributed by atoms with van der Waals surface area (Å²) in [6, 6.07) is 8.49. The summed E-state index contributed by atoms with van der Waals surface area (Å²) in [6.45, 7) is 8.49. The molecule has 3 N–H and O–H groups in total. The zero-order valence-corrected chi connectivity index (χ0v) is 18.5. The van der Waals surface area contributed by atoms with Crippen molar-refractivity contribution in [3.05, 3.63) is 29.8 Å². The van der Waals surface area contributed by atoms with E-state index in [0.717, 1.165) is 49.5 Å². The van der Waals surface area contributed by atoms with E-state index in [4.69, 9.17) is 9.73 Å². The van der Waals surface area contributed by atoms with Gasteiger partial charge in [0.2, 0.25) is 0 Å².